The molecule has 1 N–H and O–H groups in total. The summed E-state index contributed by atoms with van der Waals surface area (Å²) in [5.74, 6) is 0.341. The van der Waals surface area contributed by atoms with E-state index in [9.17, 15) is 9.18 Å². The second kappa shape index (κ2) is 6.30. The maximum atomic E-state index is 13.1. The third-order valence-electron chi connectivity index (χ3n) is 3.36. The minimum absolute atomic E-state index is 0.132. The van der Waals surface area contributed by atoms with Gasteiger partial charge in [-0.05, 0) is 31.9 Å². The fraction of sp³-hybridized carbons (Fsp3) is 0.538. The van der Waals surface area contributed by atoms with Gasteiger partial charge in [-0.15, -0.1) is 0 Å². The second-order valence-electron chi connectivity index (χ2n) is 4.74. The fourth-order valence-electron chi connectivity index (χ4n) is 2.10. The van der Waals surface area contributed by atoms with Crippen molar-refractivity contribution in [3.63, 3.8) is 0 Å². The summed E-state index contributed by atoms with van der Waals surface area (Å²) >= 11 is 5.73. The van der Waals surface area contributed by atoms with Crippen LogP contribution in [0.4, 0.5) is 10.2 Å². The zero-order chi connectivity index (χ0) is 13.8. The van der Waals surface area contributed by atoms with E-state index in [2.05, 4.69) is 10.3 Å². The molecule has 0 bridgehead atoms. The van der Waals surface area contributed by atoms with Gasteiger partial charge in [-0.2, -0.15) is 0 Å². The van der Waals surface area contributed by atoms with Crippen molar-refractivity contribution in [2.45, 2.75) is 32.0 Å². The average molecular weight is 286 g/mol. The lowest BCUT2D eigenvalue weighted by Crippen LogP contribution is -2.46. The smallest absolute Gasteiger partial charge is 0.242 e. The normalized spacial score (nSPS) is 19.1. The van der Waals surface area contributed by atoms with E-state index in [-0.39, 0.29) is 11.9 Å². The number of pyridine rings is 1. The highest BCUT2D eigenvalue weighted by molar-refractivity contribution is 6.30. The summed E-state index contributed by atoms with van der Waals surface area (Å²) in [6, 6.07) is 3.04. The molecule has 4 nitrogen and oxygen atoms in total. The molecule has 1 aliphatic heterocycles. The molecular formula is C13H17ClFN3O. The monoisotopic (exact) mass is 285 g/mol. The minimum Gasteiger partial charge on any atom is -0.309 e. The van der Waals surface area contributed by atoms with Crippen LogP contribution in [0.2, 0.25) is 5.02 Å². The molecule has 1 aliphatic rings. The Labute approximate surface area is 117 Å². The molecule has 2 rings (SSSR count). The van der Waals surface area contributed by atoms with Crippen molar-refractivity contribution in [1.82, 2.24) is 9.88 Å². The quantitative estimate of drug-likeness (QED) is 0.928. The van der Waals surface area contributed by atoms with Crippen molar-refractivity contribution in [2.75, 3.05) is 18.4 Å². The molecule has 1 aromatic heterocycles. The lowest BCUT2D eigenvalue weighted by atomic mass is 10.1. The maximum Gasteiger partial charge on any atom is 0.242 e. The van der Waals surface area contributed by atoms with Crippen molar-refractivity contribution in [1.29, 1.82) is 0 Å². The van der Waals surface area contributed by atoms with Gasteiger partial charge in [-0.1, -0.05) is 11.6 Å². The molecule has 1 amide bonds. The summed E-state index contributed by atoms with van der Waals surface area (Å²) in [5.41, 5.74) is 0. The number of aromatic nitrogens is 1. The lowest BCUT2D eigenvalue weighted by molar-refractivity contribution is -0.121. The molecule has 1 fully saturated rings. The average Bonchev–Trinajstić information content (AvgIpc) is 2.41. The molecule has 0 aliphatic carbocycles. The number of hydrogen-bond donors (Lipinski definition) is 1. The number of carbonyl (C=O) groups is 1. The SMILES string of the molecule is C[C@@H](C(=O)Nc1ccc(Cl)cn1)N1CCC(F)CC1. The van der Waals surface area contributed by atoms with Crippen LogP contribution in [0.1, 0.15) is 19.8 Å². The number of nitrogens with one attached hydrogen (secondary N) is 1. The lowest BCUT2D eigenvalue weighted by Gasteiger charge is -2.32. The van der Waals surface area contributed by atoms with Crippen LogP contribution in [-0.2, 0) is 4.79 Å². The highest BCUT2D eigenvalue weighted by Gasteiger charge is 2.26. The van der Waals surface area contributed by atoms with Crippen molar-refractivity contribution < 1.29 is 9.18 Å². The number of nitrogens with zero attached hydrogens (tertiary/aromatic N) is 2. The van der Waals surface area contributed by atoms with Crippen molar-refractivity contribution in [3.8, 4) is 0 Å². The van der Waals surface area contributed by atoms with Gasteiger partial charge in [0.25, 0.3) is 0 Å². The van der Waals surface area contributed by atoms with E-state index in [1.165, 1.54) is 6.20 Å². The van der Waals surface area contributed by atoms with Crippen LogP contribution in [0.25, 0.3) is 0 Å². The van der Waals surface area contributed by atoms with E-state index in [0.717, 1.165) is 0 Å². The first-order valence-corrected chi connectivity index (χ1v) is 6.74. The van der Waals surface area contributed by atoms with E-state index < -0.39 is 6.17 Å². The van der Waals surface area contributed by atoms with E-state index >= 15 is 0 Å². The van der Waals surface area contributed by atoms with Crippen LogP contribution >= 0.6 is 11.6 Å². The molecule has 0 aromatic carbocycles. The van der Waals surface area contributed by atoms with Gasteiger partial charge in [0, 0.05) is 19.3 Å². The van der Waals surface area contributed by atoms with Gasteiger partial charge in [-0.3, -0.25) is 9.69 Å². The summed E-state index contributed by atoms with van der Waals surface area (Å²) in [5, 5.41) is 3.26. The Bertz CT molecular complexity index is 432. The predicted molar refractivity (Wildman–Crippen MR) is 73.0 cm³/mol. The summed E-state index contributed by atoms with van der Waals surface area (Å²) < 4.78 is 13.1. The standard InChI is InChI=1S/C13H17ClFN3O/c1-9(18-6-4-11(15)5-7-18)13(19)17-12-3-2-10(14)8-16-12/h2-3,8-9,11H,4-7H2,1H3,(H,16,17,19)/t9-/m0/s1. The van der Waals surface area contributed by atoms with Crippen LogP contribution in [0.15, 0.2) is 18.3 Å². The van der Waals surface area contributed by atoms with Gasteiger partial charge in [0.2, 0.25) is 5.91 Å². The van der Waals surface area contributed by atoms with Gasteiger partial charge in [-0.25, -0.2) is 9.37 Å². The molecular weight excluding hydrogens is 269 g/mol. The first-order chi connectivity index (χ1) is 9.06. The number of anilines is 1. The third kappa shape index (κ3) is 3.88. The topological polar surface area (TPSA) is 45.2 Å². The van der Waals surface area contributed by atoms with Crippen LogP contribution in [0.5, 0.6) is 0 Å². The van der Waals surface area contributed by atoms with E-state index in [0.29, 0.717) is 36.8 Å². The maximum absolute atomic E-state index is 13.1. The number of likely N-dealkylation sites (tertiary alicyclic amines) is 1. The number of carbonyl (C=O) groups excluding carboxylic acids is 1. The zero-order valence-corrected chi connectivity index (χ0v) is 11.5. The van der Waals surface area contributed by atoms with Gasteiger partial charge >= 0.3 is 0 Å². The van der Waals surface area contributed by atoms with Gasteiger partial charge in [0.1, 0.15) is 12.0 Å². The number of piperidine rings is 1. The molecule has 1 aromatic rings. The third-order valence-corrected chi connectivity index (χ3v) is 3.59. The Kier molecular flexibility index (Phi) is 4.71. The van der Waals surface area contributed by atoms with Gasteiger partial charge < -0.3 is 5.32 Å². The summed E-state index contributed by atoms with van der Waals surface area (Å²) in [6.07, 6.45) is 1.74. The molecule has 6 heteroatoms. The molecule has 0 radical (unpaired) electrons. The molecule has 104 valence electrons. The van der Waals surface area contributed by atoms with Crippen molar-refractivity contribution in [2.24, 2.45) is 0 Å². The first kappa shape index (κ1) is 14.2. The minimum atomic E-state index is -0.732. The van der Waals surface area contributed by atoms with Crippen molar-refractivity contribution in [3.05, 3.63) is 23.4 Å². The Hall–Kier alpha value is -1.20. The Balaban J connectivity index is 1.90. The van der Waals surface area contributed by atoms with E-state index in [1.54, 1.807) is 12.1 Å². The Morgan fingerprint density at radius 2 is 2.21 bits per heavy atom. The summed E-state index contributed by atoms with van der Waals surface area (Å²) in [6.45, 7) is 3.05. The molecule has 0 unspecified atom stereocenters. The van der Waals surface area contributed by atoms with Crippen molar-refractivity contribution >= 4 is 23.3 Å². The molecule has 1 saturated heterocycles. The molecule has 1 atom stereocenters. The zero-order valence-electron chi connectivity index (χ0n) is 10.8. The van der Waals surface area contributed by atoms with Gasteiger partial charge in [0.15, 0.2) is 0 Å². The molecule has 2 heterocycles. The van der Waals surface area contributed by atoms with Crippen LogP contribution in [0, 0.1) is 0 Å². The van der Waals surface area contributed by atoms with Crippen LogP contribution in [-0.4, -0.2) is 41.1 Å². The van der Waals surface area contributed by atoms with Crippen LogP contribution < -0.4 is 5.32 Å². The molecule has 19 heavy (non-hydrogen) atoms. The summed E-state index contributed by atoms with van der Waals surface area (Å²) in [4.78, 5) is 18.1. The number of rotatable bonds is 3. The van der Waals surface area contributed by atoms with Gasteiger partial charge in [0.05, 0.1) is 11.1 Å². The van der Waals surface area contributed by atoms with E-state index in [1.807, 2.05) is 11.8 Å². The second-order valence-corrected chi connectivity index (χ2v) is 5.17. The highest BCUT2D eigenvalue weighted by Crippen LogP contribution is 2.16. The van der Waals surface area contributed by atoms with E-state index in [4.69, 9.17) is 11.6 Å². The Morgan fingerprint density at radius 1 is 1.53 bits per heavy atom. The Morgan fingerprint density at radius 3 is 2.79 bits per heavy atom. The number of halogens is 2. The fourth-order valence-corrected chi connectivity index (χ4v) is 2.21. The predicted octanol–water partition coefficient (Wildman–Crippen LogP) is 2.50. The molecule has 0 spiro atoms. The number of alkyl halides is 1. The summed E-state index contributed by atoms with van der Waals surface area (Å²) in [7, 11) is 0. The number of amides is 1. The highest BCUT2D eigenvalue weighted by atomic mass is 35.5. The van der Waals surface area contributed by atoms with Crippen LogP contribution in [0.3, 0.4) is 0 Å². The largest absolute Gasteiger partial charge is 0.309 e. The molecule has 0 saturated carbocycles. The first-order valence-electron chi connectivity index (χ1n) is 6.37. The number of hydrogen-bond acceptors (Lipinski definition) is 3.